The zero-order valence-corrected chi connectivity index (χ0v) is 10.4. The van der Waals surface area contributed by atoms with Crippen LogP contribution in [-0.2, 0) is 0 Å². The summed E-state index contributed by atoms with van der Waals surface area (Å²) in [6, 6.07) is 14.7. The Bertz CT molecular complexity index is 842. The van der Waals surface area contributed by atoms with Crippen LogP contribution < -0.4 is 11.4 Å². The van der Waals surface area contributed by atoms with Gasteiger partial charge in [-0.25, -0.2) is 23.9 Å². The van der Waals surface area contributed by atoms with Gasteiger partial charge in [-0.15, -0.1) is 0 Å². The first-order valence-corrected chi connectivity index (χ1v) is 5.96. The second-order valence-electron chi connectivity index (χ2n) is 4.22. The van der Waals surface area contributed by atoms with E-state index in [1.807, 2.05) is 6.07 Å². The van der Waals surface area contributed by atoms with Crippen LogP contribution in [0.3, 0.4) is 0 Å². The molecule has 0 fully saturated rings. The molecule has 0 spiro atoms. The van der Waals surface area contributed by atoms with Crippen LogP contribution in [0.5, 0.6) is 5.75 Å². The number of phenolic OH excluding ortho intramolecular Hbond substituents is 1. The molecule has 3 rings (SSSR count). The molecule has 100 valence electrons. The van der Waals surface area contributed by atoms with Gasteiger partial charge < -0.3 is 5.11 Å². The average Bonchev–Trinajstić information content (AvgIpc) is 2.76. The lowest BCUT2D eigenvalue weighted by Gasteiger charge is -2.00. The minimum absolute atomic E-state index is 0.0701. The van der Waals surface area contributed by atoms with E-state index in [2.05, 4.69) is 5.10 Å². The number of para-hydroxylation sites is 1. The first kappa shape index (κ1) is 12.0. The molecule has 0 aliphatic heterocycles. The van der Waals surface area contributed by atoms with E-state index in [0.29, 0.717) is 11.4 Å². The fourth-order valence-electron chi connectivity index (χ4n) is 1.96. The Morgan fingerprint density at radius 1 is 0.850 bits per heavy atom. The predicted molar refractivity (Wildman–Crippen MR) is 73.7 cm³/mol. The van der Waals surface area contributed by atoms with E-state index in [1.165, 1.54) is 28.9 Å². The summed E-state index contributed by atoms with van der Waals surface area (Å²) in [5.74, 6) is 0.0701. The summed E-state index contributed by atoms with van der Waals surface area (Å²) in [5, 5.41) is 11.7. The van der Waals surface area contributed by atoms with Gasteiger partial charge in [0.25, 0.3) is 0 Å². The van der Waals surface area contributed by atoms with Crippen molar-refractivity contribution in [2.45, 2.75) is 0 Å². The number of hydrogen-bond donors (Lipinski definition) is 2. The van der Waals surface area contributed by atoms with Crippen LogP contribution in [0, 0.1) is 0 Å². The van der Waals surface area contributed by atoms with Gasteiger partial charge >= 0.3 is 11.4 Å². The number of H-pyrrole nitrogens is 1. The Balaban J connectivity index is 2.20. The number of benzene rings is 2. The Labute approximate surface area is 113 Å². The molecule has 0 unspecified atom stereocenters. The third-order valence-electron chi connectivity index (χ3n) is 2.92. The maximum atomic E-state index is 12.3. The zero-order valence-electron chi connectivity index (χ0n) is 10.4. The molecule has 0 bridgehead atoms. The van der Waals surface area contributed by atoms with Gasteiger partial charge in [-0.05, 0) is 36.4 Å². The van der Waals surface area contributed by atoms with E-state index in [9.17, 15) is 14.7 Å². The molecule has 0 atom stereocenters. The Morgan fingerprint density at radius 3 is 2.15 bits per heavy atom. The molecule has 1 aromatic heterocycles. The highest BCUT2D eigenvalue weighted by molar-refractivity contribution is 5.37. The molecule has 2 aromatic carbocycles. The summed E-state index contributed by atoms with van der Waals surface area (Å²) < 4.78 is 2.18. The number of hydrogen-bond acceptors (Lipinski definition) is 3. The number of aromatic amines is 1. The van der Waals surface area contributed by atoms with Crippen molar-refractivity contribution in [2.75, 3.05) is 0 Å². The van der Waals surface area contributed by atoms with E-state index in [1.54, 1.807) is 24.3 Å². The minimum atomic E-state index is -0.537. The Morgan fingerprint density at radius 2 is 1.50 bits per heavy atom. The zero-order chi connectivity index (χ0) is 14.1. The molecule has 0 aliphatic rings. The van der Waals surface area contributed by atoms with Crippen LogP contribution in [0.4, 0.5) is 0 Å². The number of aromatic hydroxyl groups is 1. The van der Waals surface area contributed by atoms with Crippen molar-refractivity contribution in [1.82, 2.24) is 14.3 Å². The fourth-order valence-corrected chi connectivity index (χ4v) is 1.96. The van der Waals surface area contributed by atoms with Crippen LogP contribution >= 0.6 is 0 Å². The smallest absolute Gasteiger partial charge is 0.356 e. The highest BCUT2D eigenvalue weighted by Gasteiger charge is 2.11. The van der Waals surface area contributed by atoms with Crippen molar-refractivity contribution in [3.05, 3.63) is 75.6 Å². The first-order valence-electron chi connectivity index (χ1n) is 5.96. The summed E-state index contributed by atoms with van der Waals surface area (Å²) >= 11 is 0. The lowest BCUT2D eigenvalue weighted by atomic mass is 10.3. The molecule has 0 amide bonds. The summed E-state index contributed by atoms with van der Waals surface area (Å²) in [4.78, 5) is 24.3. The summed E-state index contributed by atoms with van der Waals surface area (Å²) in [7, 11) is 0. The van der Waals surface area contributed by atoms with E-state index < -0.39 is 11.4 Å². The molecule has 6 nitrogen and oxygen atoms in total. The number of aromatic nitrogens is 3. The van der Waals surface area contributed by atoms with Gasteiger partial charge in [-0.1, -0.05) is 18.2 Å². The Hall–Kier alpha value is -3.02. The second-order valence-corrected chi connectivity index (χ2v) is 4.22. The topological polar surface area (TPSA) is 80.0 Å². The highest BCUT2D eigenvalue weighted by Crippen LogP contribution is 2.11. The van der Waals surface area contributed by atoms with Crippen molar-refractivity contribution < 1.29 is 5.11 Å². The van der Waals surface area contributed by atoms with Crippen LogP contribution in [0.1, 0.15) is 0 Å². The normalized spacial score (nSPS) is 10.6. The molecule has 0 saturated heterocycles. The number of phenols is 1. The van der Waals surface area contributed by atoms with Crippen molar-refractivity contribution >= 4 is 0 Å². The molecule has 1 heterocycles. The second kappa shape index (κ2) is 4.58. The third kappa shape index (κ3) is 1.93. The SMILES string of the molecule is O=c1[nH]n(-c2ccccc2)c(=O)n1-c1ccc(O)cc1. The summed E-state index contributed by atoms with van der Waals surface area (Å²) in [6.45, 7) is 0. The highest BCUT2D eigenvalue weighted by atomic mass is 16.3. The van der Waals surface area contributed by atoms with Crippen LogP contribution in [0.15, 0.2) is 64.2 Å². The summed E-state index contributed by atoms with van der Waals surface area (Å²) in [6.07, 6.45) is 0. The number of nitrogens with one attached hydrogen (secondary N) is 1. The maximum Gasteiger partial charge on any atom is 0.356 e. The van der Waals surface area contributed by atoms with Gasteiger partial charge in [0, 0.05) is 0 Å². The predicted octanol–water partition coefficient (Wildman–Crippen LogP) is 1.02. The van der Waals surface area contributed by atoms with Crippen molar-refractivity contribution in [1.29, 1.82) is 0 Å². The molecule has 0 aliphatic carbocycles. The van der Waals surface area contributed by atoms with E-state index >= 15 is 0 Å². The minimum Gasteiger partial charge on any atom is -0.508 e. The molecule has 0 saturated carbocycles. The van der Waals surface area contributed by atoms with E-state index in [4.69, 9.17) is 0 Å². The number of nitrogens with zero attached hydrogens (tertiary/aromatic N) is 2. The van der Waals surface area contributed by atoms with Gasteiger partial charge in [0.1, 0.15) is 5.75 Å². The van der Waals surface area contributed by atoms with E-state index in [-0.39, 0.29) is 5.75 Å². The van der Waals surface area contributed by atoms with E-state index in [0.717, 1.165) is 4.57 Å². The van der Waals surface area contributed by atoms with Crippen LogP contribution in [0.25, 0.3) is 11.4 Å². The third-order valence-corrected chi connectivity index (χ3v) is 2.92. The Kier molecular flexibility index (Phi) is 2.76. The molecular formula is C14H11N3O3. The average molecular weight is 269 g/mol. The standard InChI is InChI=1S/C14H11N3O3/c18-12-8-6-10(7-9-12)16-13(19)15-17(14(16)20)11-4-2-1-3-5-11/h1-9,18H,(H,15,19). The van der Waals surface area contributed by atoms with Crippen LogP contribution in [-0.4, -0.2) is 19.5 Å². The molecular weight excluding hydrogens is 258 g/mol. The summed E-state index contributed by atoms with van der Waals surface area (Å²) in [5.41, 5.74) is -0.0627. The van der Waals surface area contributed by atoms with Crippen molar-refractivity contribution in [2.24, 2.45) is 0 Å². The quantitative estimate of drug-likeness (QED) is 0.729. The maximum absolute atomic E-state index is 12.3. The van der Waals surface area contributed by atoms with Gasteiger partial charge in [0.15, 0.2) is 0 Å². The van der Waals surface area contributed by atoms with Gasteiger partial charge in [0.05, 0.1) is 11.4 Å². The van der Waals surface area contributed by atoms with Gasteiger partial charge in [-0.2, -0.15) is 0 Å². The molecule has 2 N–H and O–H groups in total. The molecule has 6 heteroatoms. The van der Waals surface area contributed by atoms with Gasteiger partial charge in [0.2, 0.25) is 0 Å². The van der Waals surface area contributed by atoms with Crippen molar-refractivity contribution in [3.8, 4) is 17.1 Å². The molecule has 20 heavy (non-hydrogen) atoms. The lowest BCUT2D eigenvalue weighted by Crippen LogP contribution is -2.26. The van der Waals surface area contributed by atoms with Crippen molar-refractivity contribution in [3.63, 3.8) is 0 Å². The fraction of sp³-hybridized carbons (Fsp3) is 0. The lowest BCUT2D eigenvalue weighted by molar-refractivity contribution is 0.475. The van der Waals surface area contributed by atoms with Gasteiger partial charge in [-0.3, -0.25) is 0 Å². The first-order chi connectivity index (χ1) is 9.66. The molecule has 3 aromatic rings. The van der Waals surface area contributed by atoms with Crippen LogP contribution in [0.2, 0.25) is 0 Å². The number of rotatable bonds is 2. The largest absolute Gasteiger partial charge is 0.508 e. The molecule has 0 radical (unpaired) electrons. The monoisotopic (exact) mass is 269 g/mol.